The molecule has 30 heavy (non-hydrogen) atoms. The van der Waals surface area contributed by atoms with Gasteiger partial charge in [-0.25, -0.2) is 4.98 Å². The number of hydrogen-bond donors (Lipinski definition) is 0. The molecule has 0 bridgehead atoms. The highest BCUT2D eigenvalue weighted by Crippen LogP contribution is 2.26. The molecule has 1 aromatic carbocycles. The predicted octanol–water partition coefficient (Wildman–Crippen LogP) is 5.20. The Bertz CT molecular complexity index is 1230. The molecule has 4 rings (SSSR count). The number of hydrogen-bond acceptors (Lipinski definition) is 3. The molecule has 0 aliphatic rings. The first-order chi connectivity index (χ1) is 14.8. The van der Waals surface area contributed by atoms with Crippen LogP contribution in [0.5, 0.6) is 0 Å². The number of nitrogens with zero attached hydrogens (tertiary/aromatic N) is 6. The molecule has 0 amide bonds. The Hall–Kier alpha value is -4.33. The largest absolute Gasteiger partial charge is 0.338 e. The van der Waals surface area contributed by atoms with Crippen LogP contribution in [0.15, 0.2) is 90.3 Å². The highest BCUT2D eigenvalue weighted by Gasteiger charge is 2.16. The molecular formula is C24H18N6. The third-order valence-corrected chi connectivity index (χ3v) is 4.59. The summed E-state index contributed by atoms with van der Waals surface area (Å²) in [4.78, 5) is 11.7. The average molecular weight is 390 g/mol. The second kappa shape index (κ2) is 9.24. The van der Waals surface area contributed by atoms with Crippen molar-refractivity contribution in [2.75, 3.05) is 0 Å². The first-order valence-corrected chi connectivity index (χ1v) is 9.47. The molecule has 0 N–H and O–H groups in total. The quantitative estimate of drug-likeness (QED) is 0.203. The molecule has 6 nitrogen and oxygen atoms in total. The maximum atomic E-state index is 8.92. The van der Waals surface area contributed by atoms with Gasteiger partial charge in [-0.3, -0.25) is 4.98 Å². The highest BCUT2D eigenvalue weighted by atomic mass is 15.1. The summed E-state index contributed by atoms with van der Waals surface area (Å²) >= 11 is 0. The Morgan fingerprint density at radius 3 is 2.37 bits per heavy atom. The maximum Gasteiger partial charge on any atom is 0.113 e. The molecule has 3 heterocycles. The Morgan fingerprint density at radius 1 is 0.900 bits per heavy atom. The van der Waals surface area contributed by atoms with Gasteiger partial charge < -0.3 is 4.57 Å². The van der Waals surface area contributed by atoms with Gasteiger partial charge >= 0.3 is 0 Å². The van der Waals surface area contributed by atoms with Crippen molar-refractivity contribution in [1.29, 1.82) is 0 Å². The Labute approximate surface area is 174 Å². The van der Waals surface area contributed by atoms with Crippen LogP contribution in [0.25, 0.3) is 21.8 Å². The molecule has 6 heteroatoms. The Balaban J connectivity index is 1.87. The van der Waals surface area contributed by atoms with E-state index in [9.17, 15) is 0 Å². The third-order valence-electron chi connectivity index (χ3n) is 4.59. The van der Waals surface area contributed by atoms with Crippen molar-refractivity contribution >= 4 is 0 Å². The zero-order valence-electron chi connectivity index (χ0n) is 16.2. The fourth-order valence-electron chi connectivity index (χ4n) is 3.21. The molecule has 0 saturated heterocycles. The van der Waals surface area contributed by atoms with Gasteiger partial charge in [-0.2, -0.15) is 0 Å². The van der Waals surface area contributed by atoms with Crippen LogP contribution in [0.4, 0.5) is 0 Å². The van der Waals surface area contributed by atoms with Crippen LogP contribution in [-0.4, -0.2) is 14.5 Å². The number of aromatic nitrogens is 3. The lowest BCUT2D eigenvalue weighted by Gasteiger charge is -2.13. The van der Waals surface area contributed by atoms with Gasteiger partial charge in [0.25, 0.3) is 0 Å². The monoisotopic (exact) mass is 390 g/mol. The van der Waals surface area contributed by atoms with E-state index in [1.165, 1.54) is 0 Å². The smallest absolute Gasteiger partial charge is 0.113 e. The maximum absolute atomic E-state index is 8.92. The van der Waals surface area contributed by atoms with Gasteiger partial charge in [-0.15, -0.1) is 0 Å². The third kappa shape index (κ3) is 4.39. The minimum absolute atomic E-state index is 0.197. The minimum Gasteiger partial charge on any atom is -0.338 e. The van der Waals surface area contributed by atoms with Crippen LogP contribution in [0.2, 0.25) is 0 Å². The molecule has 0 aliphatic carbocycles. The van der Waals surface area contributed by atoms with Crippen molar-refractivity contribution in [2.45, 2.75) is 13.1 Å². The van der Waals surface area contributed by atoms with E-state index >= 15 is 0 Å². The minimum atomic E-state index is 0.197. The molecule has 0 saturated carbocycles. The Kier molecular flexibility index (Phi) is 5.86. The lowest BCUT2D eigenvalue weighted by molar-refractivity contribution is 0.746. The van der Waals surface area contributed by atoms with E-state index in [-0.39, 0.29) is 6.54 Å². The van der Waals surface area contributed by atoms with E-state index in [1.54, 1.807) is 12.4 Å². The predicted molar refractivity (Wildman–Crippen MR) is 116 cm³/mol. The van der Waals surface area contributed by atoms with Crippen molar-refractivity contribution in [3.63, 3.8) is 0 Å². The van der Waals surface area contributed by atoms with Crippen LogP contribution in [-0.2, 0) is 13.1 Å². The molecule has 0 unspecified atom stereocenters. The van der Waals surface area contributed by atoms with Crippen molar-refractivity contribution in [2.24, 2.45) is 5.11 Å². The van der Waals surface area contributed by atoms with Crippen molar-refractivity contribution < 1.29 is 0 Å². The highest BCUT2D eigenvalue weighted by molar-refractivity contribution is 5.62. The molecule has 0 aliphatic heterocycles. The van der Waals surface area contributed by atoms with Gasteiger partial charge in [0, 0.05) is 35.1 Å². The summed E-state index contributed by atoms with van der Waals surface area (Å²) < 4.78 is 2.12. The second-order valence-electron chi connectivity index (χ2n) is 6.53. The molecule has 4 aromatic rings. The van der Waals surface area contributed by atoms with Gasteiger partial charge in [0.05, 0.1) is 17.9 Å². The van der Waals surface area contributed by atoms with E-state index in [2.05, 4.69) is 48.5 Å². The first kappa shape index (κ1) is 19.0. The zero-order chi connectivity index (χ0) is 20.6. The van der Waals surface area contributed by atoms with Crippen LogP contribution in [0, 0.1) is 11.8 Å². The van der Waals surface area contributed by atoms with E-state index in [0.29, 0.717) is 12.2 Å². The molecule has 0 radical (unpaired) electrons. The van der Waals surface area contributed by atoms with Crippen LogP contribution in [0.1, 0.15) is 22.5 Å². The van der Waals surface area contributed by atoms with Gasteiger partial charge in [-0.05, 0) is 47.3 Å². The molecule has 3 aromatic heterocycles. The zero-order valence-corrected chi connectivity index (χ0v) is 16.2. The van der Waals surface area contributed by atoms with Gasteiger partial charge in [0.1, 0.15) is 5.69 Å². The normalized spacial score (nSPS) is 10.0. The van der Waals surface area contributed by atoms with E-state index in [0.717, 1.165) is 28.2 Å². The number of pyridine rings is 2. The second-order valence-corrected chi connectivity index (χ2v) is 6.53. The van der Waals surface area contributed by atoms with Crippen molar-refractivity contribution in [3.8, 4) is 23.2 Å². The lowest BCUT2D eigenvalue weighted by atomic mass is 10.2. The summed E-state index contributed by atoms with van der Waals surface area (Å²) in [5.41, 5.74) is 14.1. The fraction of sp³-hybridized carbons (Fsp3) is 0.0833. The summed E-state index contributed by atoms with van der Waals surface area (Å²) in [6, 6.07) is 23.6. The first-order valence-electron chi connectivity index (χ1n) is 9.47. The molecule has 0 fully saturated rings. The summed E-state index contributed by atoms with van der Waals surface area (Å²) in [5, 5.41) is 3.82. The molecule has 0 spiro atoms. The van der Waals surface area contributed by atoms with Crippen LogP contribution < -0.4 is 0 Å². The van der Waals surface area contributed by atoms with Gasteiger partial charge in [0.2, 0.25) is 0 Å². The summed E-state index contributed by atoms with van der Waals surface area (Å²) in [7, 11) is 0. The Morgan fingerprint density at radius 2 is 1.67 bits per heavy atom. The van der Waals surface area contributed by atoms with E-state index in [1.807, 2.05) is 60.7 Å². The lowest BCUT2D eigenvalue weighted by Crippen LogP contribution is -2.07. The number of azide groups is 1. The van der Waals surface area contributed by atoms with Gasteiger partial charge in [0.15, 0.2) is 0 Å². The topological polar surface area (TPSA) is 79.5 Å². The summed E-state index contributed by atoms with van der Waals surface area (Å²) in [6.07, 6.45) is 3.48. The van der Waals surface area contributed by atoms with Crippen molar-refractivity contribution in [1.82, 2.24) is 14.5 Å². The number of benzene rings is 1. The molecule has 0 atom stereocenters. The van der Waals surface area contributed by atoms with E-state index < -0.39 is 0 Å². The van der Waals surface area contributed by atoms with E-state index in [4.69, 9.17) is 5.53 Å². The fourth-order valence-corrected chi connectivity index (χ4v) is 3.21. The van der Waals surface area contributed by atoms with Gasteiger partial charge in [-0.1, -0.05) is 53.5 Å². The van der Waals surface area contributed by atoms with Crippen molar-refractivity contribution in [3.05, 3.63) is 118 Å². The van der Waals surface area contributed by atoms with Crippen LogP contribution in [0.3, 0.4) is 0 Å². The van der Waals surface area contributed by atoms with Crippen LogP contribution >= 0.6 is 0 Å². The molecule has 144 valence electrons. The summed E-state index contributed by atoms with van der Waals surface area (Å²) in [6.45, 7) is 0.816. The summed E-state index contributed by atoms with van der Waals surface area (Å²) in [5.74, 6) is 6.31. The SMILES string of the molecule is [N-]=[N+]=NCc1c(C#Cc2ccccn2)cc(-c2ccccn2)n1Cc1ccccc1. The standard InChI is InChI=1S/C24H18N6/c25-29-28-17-24-20(12-13-21-10-4-6-14-26-21)16-23(22-11-5-7-15-27-22)30(24)18-19-8-2-1-3-9-19/h1-11,14-16H,17-18H2. The average Bonchev–Trinajstić information content (AvgIpc) is 3.15. The molecular weight excluding hydrogens is 372 g/mol. The number of rotatable bonds is 5.